The standard InChI is InChI=1S/C14H7F3N4O/c15-14(16,17)22-10-3-1-2-8(6-10)12-20-11-9(7-18)4-5-19-13(11)21-12/h1-6H,(H,19,20,21). The molecule has 22 heavy (non-hydrogen) atoms. The first kappa shape index (κ1) is 13.9. The second-order valence-corrected chi connectivity index (χ2v) is 4.33. The Morgan fingerprint density at radius 3 is 2.77 bits per heavy atom. The summed E-state index contributed by atoms with van der Waals surface area (Å²) in [5, 5.41) is 9.02. The van der Waals surface area contributed by atoms with Crippen molar-refractivity contribution in [3.05, 3.63) is 42.1 Å². The molecule has 5 nitrogen and oxygen atoms in total. The Kier molecular flexibility index (Phi) is 3.18. The van der Waals surface area contributed by atoms with Crippen LogP contribution in [-0.4, -0.2) is 21.3 Å². The van der Waals surface area contributed by atoms with Gasteiger partial charge in [0.2, 0.25) is 0 Å². The van der Waals surface area contributed by atoms with Gasteiger partial charge in [0.15, 0.2) is 5.65 Å². The minimum atomic E-state index is -4.76. The highest BCUT2D eigenvalue weighted by Crippen LogP contribution is 2.28. The Hall–Kier alpha value is -3.08. The molecule has 0 atom stereocenters. The molecule has 0 unspecified atom stereocenters. The minimum Gasteiger partial charge on any atom is -0.406 e. The van der Waals surface area contributed by atoms with Crippen molar-refractivity contribution < 1.29 is 17.9 Å². The number of aromatic amines is 1. The Morgan fingerprint density at radius 2 is 2.05 bits per heavy atom. The average Bonchev–Trinajstić information content (AvgIpc) is 2.89. The molecule has 0 bridgehead atoms. The Morgan fingerprint density at radius 1 is 1.23 bits per heavy atom. The topological polar surface area (TPSA) is 74.6 Å². The number of imidazole rings is 1. The highest BCUT2D eigenvalue weighted by molar-refractivity contribution is 5.81. The second kappa shape index (κ2) is 5.04. The first-order chi connectivity index (χ1) is 10.5. The van der Waals surface area contributed by atoms with Gasteiger partial charge in [0.05, 0.1) is 5.56 Å². The zero-order valence-corrected chi connectivity index (χ0v) is 10.8. The fourth-order valence-corrected chi connectivity index (χ4v) is 1.98. The van der Waals surface area contributed by atoms with Crippen LogP contribution >= 0.6 is 0 Å². The molecular formula is C14H7F3N4O. The van der Waals surface area contributed by atoms with Gasteiger partial charge in [-0.05, 0) is 18.2 Å². The van der Waals surface area contributed by atoms with E-state index in [1.807, 2.05) is 6.07 Å². The lowest BCUT2D eigenvalue weighted by Crippen LogP contribution is -2.17. The van der Waals surface area contributed by atoms with E-state index in [0.29, 0.717) is 28.1 Å². The summed E-state index contributed by atoms with van der Waals surface area (Å²) in [5.41, 5.74) is 1.49. The number of nitrogens with zero attached hydrogens (tertiary/aromatic N) is 3. The van der Waals surface area contributed by atoms with Crippen molar-refractivity contribution in [3.63, 3.8) is 0 Å². The van der Waals surface area contributed by atoms with Crippen molar-refractivity contribution in [2.75, 3.05) is 0 Å². The van der Waals surface area contributed by atoms with Gasteiger partial charge in [0.1, 0.15) is 23.2 Å². The molecule has 0 spiro atoms. The molecule has 0 radical (unpaired) electrons. The molecule has 3 rings (SSSR count). The average molecular weight is 304 g/mol. The van der Waals surface area contributed by atoms with Crippen molar-refractivity contribution in [2.24, 2.45) is 0 Å². The monoisotopic (exact) mass is 304 g/mol. The largest absolute Gasteiger partial charge is 0.573 e. The third-order valence-corrected chi connectivity index (χ3v) is 2.85. The zero-order chi connectivity index (χ0) is 15.7. The maximum absolute atomic E-state index is 12.2. The predicted molar refractivity (Wildman–Crippen MR) is 70.7 cm³/mol. The molecule has 0 amide bonds. The number of nitrogens with one attached hydrogen (secondary N) is 1. The first-order valence-electron chi connectivity index (χ1n) is 6.07. The van der Waals surface area contributed by atoms with Gasteiger partial charge in [-0.1, -0.05) is 12.1 Å². The fraction of sp³-hybridized carbons (Fsp3) is 0.0714. The molecule has 0 aliphatic carbocycles. The van der Waals surface area contributed by atoms with E-state index >= 15 is 0 Å². The molecule has 110 valence electrons. The molecular weight excluding hydrogens is 297 g/mol. The van der Waals surface area contributed by atoms with Crippen LogP contribution in [-0.2, 0) is 0 Å². The van der Waals surface area contributed by atoms with E-state index in [1.165, 1.54) is 30.5 Å². The summed E-state index contributed by atoms with van der Waals surface area (Å²) in [6.45, 7) is 0. The molecule has 0 aliphatic rings. The third-order valence-electron chi connectivity index (χ3n) is 2.85. The first-order valence-corrected chi connectivity index (χ1v) is 6.07. The van der Waals surface area contributed by atoms with Crippen LogP contribution in [0.15, 0.2) is 36.5 Å². The maximum Gasteiger partial charge on any atom is 0.573 e. The number of rotatable bonds is 2. The summed E-state index contributed by atoms with van der Waals surface area (Å²) >= 11 is 0. The van der Waals surface area contributed by atoms with Crippen LogP contribution in [0, 0.1) is 11.3 Å². The number of nitriles is 1. The number of H-pyrrole nitrogens is 1. The van der Waals surface area contributed by atoms with Crippen LogP contribution in [0.5, 0.6) is 5.75 Å². The lowest BCUT2D eigenvalue weighted by Gasteiger charge is -2.09. The quantitative estimate of drug-likeness (QED) is 0.787. The summed E-state index contributed by atoms with van der Waals surface area (Å²) in [7, 11) is 0. The number of benzene rings is 1. The molecule has 0 saturated heterocycles. The van der Waals surface area contributed by atoms with Crippen LogP contribution in [0.3, 0.4) is 0 Å². The van der Waals surface area contributed by atoms with E-state index in [4.69, 9.17) is 5.26 Å². The van der Waals surface area contributed by atoms with Gasteiger partial charge in [-0.25, -0.2) is 9.97 Å². The lowest BCUT2D eigenvalue weighted by atomic mass is 10.2. The summed E-state index contributed by atoms with van der Waals surface area (Å²) in [5.74, 6) is -0.0447. The van der Waals surface area contributed by atoms with Crippen LogP contribution in [0.25, 0.3) is 22.6 Å². The molecule has 2 aromatic heterocycles. The van der Waals surface area contributed by atoms with E-state index < -0.39 is 6.36 Å². The van der Waals surface area contributed by atoms with Crippen LogP contribution in [0.1, 0.15) is 5.56 Å². The number of fused-ring (bicyclic) bond motifs is 1. The van der Waals surface area contributed by atoms with Gasteiger partial charge in [-0.15, -0.1) is 13.2 Å². The molecule has 8 heteroatoms. The highest BCUT2D eigenvalue weighted by Gasteiger charge is 2.31. The van der Waals surface area contributed by atoms with Gasteiger partial charge in [0.25, 0.3) is 0 Å². The van der Waals surface area contributed by atoms with Crippen LogP contribution < -0.4 is 4.74 Å². The predicted octanol–water partition coefficient (Wildman–Crippen LogP) is 3.40. The van der Waals surface area contributed by atoms with Crippen LogP contribution in [0.4, 0.5) is 13.2 Å². The van der Waals surface area contributed by atoms with Gasteiger partial charge >= 0.3 is 6.36 Å². The Labute approximate surface area is 122 Å². The minimum absolute atomic E-state index is 0.304. The van der Waals surface area contributed by atoms with E-state index in [0.717, 1.165) is 0 Å². The number of pyridine rings is 1. The lowest BCUT2D eigenvalue weighted by molar-refractivity contribution is -0.274. The van der Waals surface area contributed by atoms with E-state index in [1.54, 1.807) is 6.07 Å². The number of hydrogen-bond acceptors (Lipinski definition) is 4. The third kappa shape index (κ3) is 2.69. The molecule has 0 saturated carbocycles. The van der Waals surface area contributed by atoms with Crippen molar-refractivity contribution >= 4 is 11.2 Å². The normalized spacial score (nSPS) is 11.4. The van der Waals surface area contributed by atoms with Crippen molar-refractivity contribution in [1.82, 2.24) is 15.0 Å². The number of hydrogen-bond donors (Lipinski definition) is 1. The SMILES string of the molecule is N#Cc1ccnc2nc(-c3cccc(OC(F)(F)F)c3)[nH]c12. The maximum atomic E-state index is 12.2. The molecule has 0 fully saturated rings. The van der Waals surface area contributed by atoms with E-state index in [-0.39, 0.29) is 5.75 Å². The number of halogens is 3. The van der Waals surface area contributed by atoms with Crippen molar-refractivity contribution in [2.45, 2.75) is 6.36 Å². The Balaban J connectivity index is 2.05. The van der Waals surface area contributed by atoms with E-state index in [9.17, 15) is 13.2 Å². The molecule has 1 N–H and O–H groups in total. The van der Waals surface area contributed by atoms with Crippen molar-refractivity contribution in [3.8, 4) is 23.2 Å². The van der Waals surface area contributed by atoms with Gasteiger partial charge in [-0.3, -0.25) is 0 Å². The highest BCUT2D eigenvalue weighted by atomic mass is 19.4. The number of ether oxygens (including phenoxy) is 1. The fourth-order valence-electron chi connectivity index (χ4n) is 1.98. The zero-order valence-electron chi connectivity index (χ0n) is 10.8. The summed E-state index contributed by atoms with van der Waals surface area (Å²) < 4.78 is 40.6. The summed E-state index contributed by atoms with van der Waals surface area (Å²) in [6, 6.07) is 8.91. The summed E-state index contributed by atoms with van der Waals surface area (Å²) in [4.78, 5) is 11.1. The van der Waals surface area contributed by atoms with E-state index in [2.05, 4.69) is 19.7 Å². The van der Waals surface area contributed by atoms with Gasteiger partial charge < -0.3 is 9.72 Å². The molecule has 3 aromatic rings. The second-order valence-electron chi connectivity index (χ2n) is 4.33. The van der Waals surface area contributed by atoms with Crippen molar-refractivity contribution in [1.29, 1.82) is 5.26 Å². The van der Waals surface area contributed by atoms with Gasteiger partial charge in [0, 0.05) is 11.8 Å². The molecule has 2 heterocycles. The smallest absolute Gasteiger partial charge is 0.406 e. The summed E-state index contributed by atoms with van der Waals surface area (Å²) in [6.07, 6.45) is -3.32. The van der Waals surface area contributed by atoms with Crippen LogP contribution in [0.2, 0.25) is 0 Å². The number of alkyl halides is 3. The number of aromatic nitrogens is 3. The Bertz CT molecular complexity index is 880. The molecule has 0 aliphatic heterocycles. The molecule has 1 aromatic carbocycles. The van der Waals surface area contributed by atoms with Gasteiger partial charge in [-0.2, -0.15) is 5.26 Å².